The number of ether oxygens (including phenoxy) is 1. The molecule has 1 heterocycles. The number of carbonyl (C=O) groups excluding carboxylic acids is 1. The van der Waals surface area contributed by atoms with E-state index in [2.05, 4.69) is 0 Å². The summed E-state index contributed by atoms with van der Waals surface area (Å²) in [7, 11) is 1.48. The van der Waals surface area contributed by atoms with Gasteiger partial charge in [-0.25, -0.2) is 0 Å². The first-order chi connectivity index (χ1) is 10.9. The Morgan fingerprint density at radius 3 is 2.39 bits per heavy atom. The minimum Gasteiger partial charge on any atom is -0.497 e. The van der Waals surface area contributed by atoms with Gasteiger partial charge in [0.25, 0.3) is 5.78 Å². The Labute approximate surface area is 134 Å². The van der Waals surface area contributed by atoms with Gasteiger partial charge in [-0.2, -0.15) is 13.2 Å². The molecule has 3 aromatic rings. The smallest absolute Gasteiger partial charge is 0.455 e. The lowest BCUT2D eigenvalue weighted by Gasteiger charge is -2.07. The number of fused-ring (bicyclic) bond motifs is 1. The Balaban J connectivity index is 2.33. The molecule has 6 heteroatoms. The molecule has 0 atom stereocenters. The molecule has 0 unspecified atom stereocenters. The van der Waals surface area contributed by atoms with Gasteiger partial charge in [0.2, 0.25) is 0 Å². The normalized spacial score (nSPS) is 11.7. The van der Waals surface area contributed by atoms with Gasteiger partial charge in [-0.3, -0.25) is 4.79 Å². The summed E-state index contributed by atoms with van der Waals surface area (Å²) in [6.45, 7) is 0. The maximum atomic E-state index is 12.9. The van der Waals surface area contributed by atoms with Crippen LogP contribution in [0.2, 0.25) is 0 Å². The third kappa shape index (κ3) is 2.82. The lowest BCUT2D eigenvalue weighted by Crippen LogP contribution is -2.22. The molecule has 0 N–H and O–H groups in total. The van der Waals surface area contributed by atoms with Crippen LogP contribution in [-0.2, 0) is 0 Å². The highest BCUT2D eigenvalue weighted by Gasteiger charge is 2.42. The second-order valence-electron chi connectivity index (χ2n) is 4.86. The predicted molar refractivity (Wildman–Crippen MR) is 84.2 cm³/mol. The van der Waals surface area contributed by atoms with Crippen LogP contribution in [0.15, 0.2) is 48.5 Å². The molecule has 0 radical (unpaired) electrons. The molecule has 2 nitrogen and oxygen atoms in total. The third-order valence-electron chi connectivity index (χ3n) is 3.42. The Hall–Kier alpha value is -2.34. The summed E-state index contributed by atoms with van der Waals surface area (Å²) >= 11 is 0.848. The van der Waals surface area contributed by atoms with E-state index in [-0.39, 0.29) is 4.88 Å². The Kier molecular flexibility index (Phi) is 3.85. The first-order valence-electron chi connectivity index (χ1n) is 6.69. The van der Waals surface area contributed by atoms with Crippen LogP contribution in [0, 0.1) is 0 Å². The molecule has 3 rings (SSSR count). The van der Waals surface area contributed by atoms with Gasteiger partial charge >= 0.3 is 6.18 Å². The lowest BCUT2D eigenvalue weighted by molar-refractivity contribution is -0.0882. The Bertz CT molecular complexity index is 867. The van der Waals surface area contributed by atoms with Crippen LogP contribution in [0.5, 0.6) is 5.75 Å². The number of methoxy groups -OCH3 is 1. The van der Waals surface area contributed by atoms with Crippen LogP contribution in [0.1, 0.15) is 9.67 Å². The molecule has 0 aliphatic rings. The average molecular weight is 336 g/mol. The molecule has 0 amide bonds. The van der Waals surface area contributed by atoms with Crippen LogP contribution < -0.4 is 4.74 Å². The fourth-order valence-corrected chi connectivity index (χ4v) is 3.55. The molecule has 2 aromatic carbocycles. The van der Waals surface area contributed by atoms with E-state index in [1.54, 1.807) is 48.5 Å². The summed E-state index contributed by atoms with van der Waals surface area (Å²) < 4.78 is 44.6. The van der Waals surface area contributed by atoms with Crippen molar-refractivity contribution < 1.29 is 22.7 Å². The summed E-state index contributed by atoms with van der Waals surface area (Å²) in [6, 6.07) is 13.6. The van der Waals surface area contributed by atoms with Gasteiger partial charge in [-0.05, 0) is 23.8 Å². The lowest BCUT2D eigenvalue weighted by atomic mass is 10.0. The van der Waals surface area contributed by atoms with E-state index in [0.29, 0.717) is 27.0 Å². The van der Waals surface area contributed by atoms with Crippen molar-refractivity contribution in [2.24, 2.45) is 0 Å². The van der Waals surface area contributed by atoms with Gasteiger partial charge in [-0.1, -0.05) is 30.3 Å². The second kappa shape index (κ2) is 5.70. The largest absolute Gasteiger partial charge is 0.497 e. The number of alkyl halides is 3. The van der Waals surface area contributed by atoms with Gasteiger partial charge in [0.05, 0.1) is 12.0 Å². The first kappa shape index (κ1) is 15.6. The minimum atomic E-state index is -4.91. The highest BCUT2D eigenvalue weighted by molar-refractivity contribution is 7.21. The van der Waals surface area contributed by atoms with Gasteiger partial charge < -0.3 is 4.74 Å². The van der Waals surface area contributed by atoms with Gasteiger partial charge in [0.15, 0.2) is 0 Å². The zero-order valence-corrected chi connectivity index (χ0v) is 12.8. The number of rotatable bonds is 3. The standard InChI is InChI=1S/C17H11F3O2S/c1-22-11-7-8-13-12(9-11)14(10-5-3-2-4-6-10)15(23-13)16(21)17(18,19)20/h2-9H,1H3. The van der Waals surface area contributed by atoms with E-state index in [0.717, 1.165) is 11.3 Å². The van der Waals surface area contributed by atoms with Crippen molar-refractivity contribution in [3.63, 3.8) is 0 Å². The molecule has 0 aliphatic carbocycles. The molecule has 0 saturated heterocycles. The number of hydrogen-bond acceptors (Lipinski definition) is 3. The SMILES string of the molecule is COc1ccc2sc(C(=O)C(F)(F)F)c(-c3ccccc3)c2c1. The van der Waals surface area contributed by atoms with E-state index < -0.39 is 12.0 Å². The topological polar surface area (TPSA) is 26.3 Å². The number of hydrogen-bond donors (Lipinski definition) is 0. The number of ketones is 1. The van der Waals surface area contributed by atoms with Crippen LogP contribution in [0.25, 0.3) is 21.2 Å². The number of halogens is 3. The van der Waals surface area contributed by atoms with Crippen molar-refractivity contribution in [2.45, 2.75) is 6.18 Å². The summed E-state index contributed by atoms with van der Waals surface area (Å²) in [6.07, 6.45) is -4.91. The molecule has 0 spiro atoms. The van der Waals surface area contributed by atoms with Crippen molar-refractivity contribution >= 4 is 27.2 Å². The van der Waals surface area contributed by atoms with E-state index in [9.17, 15) is 18.0 Å². The van der Waals surface area contributed by atoms with Crippen molar-refractivity contribution in [3.05, 3.63) is 53.4 Å². The molecule has 23 heavy (non-hydrogen) atoms. The Morgan fingerprint density at radius 2 is 1.78 bits per heavy atom. The molecule has 0 aliphatic heterocycles. The van der Waals surface area contributed by atoms with Crippen molar-refractivity contribution in [3.8, 4) is 16.9 Å². The monoisotopic (exact) mass is 336 g/mol. The quantitative estimate of drug-likeness (QED) is 0.605. The molecule has 0 fully saturated rings. The van der Waals surface area contributed by atoms with E-state index in [1.807, 2.05) is 0 Å². The summed E-state index contributed by atoms with van der Waals surface area (Å²) in [5, 5.41) is 0.577. The van der Waals surface area contributed by atoms with Crippen LogP contribution in [-0.4, -0.2) is 19.1 Å². The van der Waals surface area contributed by atoms with E-state index >= 15 is 0 Å². The maximum Gasteiger partial charge on any atom is 0.455 e. The first-order valence-corrected chi connectivity index (χ1v) is 7.51. The highest BCUT2D eigenvalue weighted by atomic mass is 32.1. The van der Waals surface area contributed by atoms with E-state index in [1.165, 1.54) is 7.11 Å². The molecule has 1 aromatic heterocycles. The minimum absolute atomic E-state index is 0.298. The fraction of sp³-hybridized carbons (Fsp3) is 0.118. The molecular formula is C17H11F3O2S. The zero-order valence-electron chi connectivity index (χ0n) is 12.0. The number of thiophene rings is 1. The second-order valence-corrected chi connectivity index (χ2v) is 5.91. The van der Waals surface area contributed by atoms with Crippen LogP contribution in [0.4, 0.5) is 13.2 Å². The van der Waals surface area contributed by atoms with Crippen LogP contribution in [0.3, 0.4) is 0 Å². The molecule has 0 saturated carbocycles. The number of carbonyl (C=O) groups is 1. The van der Waals surface area contributed by atoms with Crippen molar-refractivity contribution in [1.29, 1.82) is 0 Å². The summed E-state index contributed by atoms with van der Waals surface area (Å²) in [5.74, 6) is -1.30. The average Bonchev–Trinajstić information content (AvgIpc) is 2.92. The maximum absolute atomic E-state index is 12.9. The van der Waals surface area contributed by atoms with E-state index in [4.69, 9.17) is 4.74 Å². The Morgan fingerprint density at radius 1 is 1.09 bits per heavy atom. The summed E-state index contributed by atoms with van der Waals surface area (Å²) in [5.41, 5.74) is 0.867. The number of Topliss-reactive ketones (excluding diaryl/α,β-unsaturated/α-hetero) is 1. The predicted octanol–water partition coefficient (Wildman–Crippen LogP) is 5.32. The zero-order chi connectivity index (χ0) is 16.6. The fourth-order valence-electron chi connectivity index (χ4n) is 2.38. The van der Waals surface area contributed by atoms with Crippen molar-refractivity contribution in [1.82, 2.24) is 0 Å². The molecular weight excluding hydrogens is 325 g/mol. The van der Waals surface area contributed by atoms with Gasteiger partial charge in [0, 0.05) is 15.6 Å². The molecule has 118 valence electrons. The number of benzene rings is 2. The molecule has 0 bridgehead atoms. The van der Waals surface area contributed by atoms with Gasteiger partial charge in [-0.15, -0.1) is 11.3 Å². The highest BCUT2D eigenvalue weighted by Crippen LogP contribution is 2.42. The van der Waals surface area contributed by atoms with Crippen molar-refractivity contribution in [2.75, 3.05) is 7.11 Å². The third-order valence-corrected chi connectivity index (χ3v) is 4.59. The van der Waals surface area contributed by atoms with Crippen LogP contribution >= 0.6 is 11.3 Å². The van der Waals surface area contributed by atoms with Gasteiger partial charge in [0.1, 0.15) is 5.75 Å². The summed E-state index contributed by atoms with van der Waals surface area (Å²) in [4.78, 5) is 11.5.